The molecule has 2 aliphatic rings. The first kappa shape index (κ1) is 15.1. The van der Waals surface area contributed by atoms with E-state index in [1.807, 2.05) is 0 Å². The fourth-order valence-corrected chi connectivity index (χ4v) is 3.01. The Morgan fingerprint density at radius 2 is 2.00 bits per heavy atom. The maximum absolute atomic E-state index is 11.9. The topological polar surface area (TPSA) is 87.7 Å². The van der Waals surface area contributed by atoms with Crippen LogP contribution in [0.4, 0.5) is 4.79 Å². The molecule has 0 aromatic carbocycles. The predicted octanol–water partition coefficient (Wildman–Crippen LogP) is 1.50. The first-order chi connectivity index (χ1) is 9.62. The maximum atomic E-state index is 11.9. The molecule has 6 nitrogen and oxygen atoms in total. The van der Waals surface area contributed by atoms with Gasteiger partial charge in [0.2, 0.25) is 0 Å². The van der Waals surface area contributed by atoms with Crippen molar-refractivity contribution < 1.29 is 19.4 Å². The summed E-state index contributed by atoms with van der Waals surface area (Å²) in [7, 11) is 0. The zero-order chi connectivity index (χ0) is 14.4. The number of carbonyl (C=O) groups is 2. The van der Waals surface area contributed by atoms with Crippen LogP contribution < -0.4 is 10.6 Å². The van der Waals surface area contributed by atoms with Crippen LogP contribution in [0.25, 0.3) is 0 Å². The monoisotopic (exact) mass is 284 g/mol. The molecule has 0 aromatic heterocycles. The number of hydrogen-bond donors (Lipinski definition) is 3. The molecule has 0 radical (unpaired) electrons. The van der Waals surface area contributed by atoms with Crippen LogP contribution in [-0.2, 0) is 9.53 Å². The number of hydrogen-bond acceptors (Lipinski definition) is 3. The van der Waals surface area contributed by atoms with Crippen LogP contribution >= 0.6 is 0 Å². The van der Waals surface area contributed by atoms with Crippen molar-refractivity contribution in [2.24, 2.45) is 5.92 Å². The molecule has 1 saturated carbocycles. The van der Waals surface area contributed by atoms with Crippen LogP contribution in [0.3, 0.4) is 0 Å². The Balaban J connectivity index is 1.75. The van der Waals surface area contributed by atoms with E-state index in [9.17, 15) is 14.7 Å². The summed E-state index contributed by atoms with van der Waals surface area (Å²) in [6.45, 7) is 2.14. The van der Waals surface area contributed by atoms with Crippen LogP contribution in [-0.4, -0.2) is 42.4 Å². The van der Waals surface area contributed by atoms with E-state index < -0.39 is 11.5 Å². The highest BCUT2D eigenvalue weighted by Gasteiger charge is 2.40. The van der Waals surface area contributed by atoms with E-state index in [-0.39, 0.29) is 6.03 Å². The largest absolute Gasteiger partial charge is 0.480 e. The third kappa shape index (κ3) is 3.85. The van der Waals surface area contributed by atoms with Gasteiger partial charge in [-0.2, -0.15) is 0 Å². The van der Waals surface area contributed by atoms with Gasteiger partial charge in [0.05, 0.1) is 0 Å². The molecule has 0 bridgehead atoms. The Bertz CT molecular complexity index is 347. The summed E-state index contributed by atoms with van der Waals surface area (Å²) in [6, 6.07) is -0.367. The van der Waals surface area contributed by atoms with Gasteiger partial charge >= 0.3 is 12.0 Å². The second-order valence-electron chi connectivity index (χ2n) is 5.85. The van der Waals surface area contributed by atoms with E-state index in [1.54, 1.807) is 0 Å². The second kappa shape index (κ2) is 6.92. The minimum atomic E-state index is -1.07. The fraction of sp³-hybridized carbons (Fsp3) is 0.857. The lowest BCUT2D eigenvalue weighted by atomic mass is 9.82. The number of carboxylic acids is 1. The molecule has 1 aliphatic heterocycles. The van der Waals surface area contributed by atoms with Crippen LogP contribution in [0.5, 0.6) is 0 Å². The van der Waals surface area contributed by atoms with Gasteiger partial charge in [0.15, 0.2) is 0 Å². The number of aliphatic carboxylic acids is 1. The third-order valence-electron chi connectivity index (χ3n) is 4.33. The Kier molecular flexibility index (Phi) is 5.23. The summed E-state index contributed by atoms with van der Waals surface area (Å²) in [4.78, 5) is 23.3. The first-order valence-corrected chi connectivity index (χ1v) is 7.49. The van der Waals surface area contributed by atoms with Gasteiger partial charge in [-0.15, -0.1) is 0 Å². The van der Waals surface area contributed by atoms with Gasteiger partial charge in [0.25, 0.3) is 0 Å². The molecule has 114 valence electrons. The van der Waals surface area contributed by atoms with Gasteiger partial charge in [-0.1, -0.05) is 19.3 Å². The van der Waals surface area contributed by atoms with Gasteiger partial charge in [0, 0.05) is 19.8 Å². The zero-order valence-corrected chi connectivity index (χ0v) is 11.8. The van der Waals surface area contributed by atoms with Crippen molar-refractivity contribution in [3.05, 3.63) is 0 Å². The van der Waals surface area contributed by atoms with Crippen molar-refractivity contribution in [3.8, 4) is 0 Å². The summed E-state index contributed by atoms with van der Waals surface area (Å²) in [5.41, 5.74) is -1.07. The van der Waals surface area contributed by atoms with Gasteiger partial charge in [-0.3, -0.25) is 0 Å². The summed E-state index contributed by atoms with van der Waals surface area (Å²) < 4.78 is 5.28. The average molecular weight is 284 g/mol. The van der Waals surface area contributed by atoms with Gasteiger partial charge in [-0.05, 0) is 31.6 Å². The molecule has 0 spiro atoms. The molecule has 6 heteroatoms. The number of amides is 2. The summed E-state index contributed by atoms with van der Waals surface area (Å²) in [5, 5.41) is 14.8. The van der Waals surface area contributed by atoms with Crippen molar-refractivity contribution in [2.45, 2.75) is 50.5 Å². The Morgan fingerprint density at radius 1 is 1.25 bits per heavy atom. The molecular weight excluding hydrogens is 260 g/mol. The smallest absolute Gasteiger partial charge is 0.329 e. The van der Waals surface area contributed by atoms with E-state index in [0.717, 1.165) is 45.3 Å². The molecule has 2 rings (SSSR count). The van der Waals surface area contributed by atoms with Crippen molar-refractivity contribution >= 4 is 12.0 Å². The minimum Gasteiger partial charge on any atom is -0.480 e. The molecule has 1 unspecified atom stereocenters. The Labute approximate surface area is 119 Å². The van der Waals surface area contributed by atoms with Crippen molar-refractivity contribution in [1.29, 1.82) is 0 Å². The highest BCUT2D eigenvalue weighted by atomic mass is 16.5. The number of nitrogens with one attached hydrogen (secondary N) is 2. The molecule has 1 heterocycles. The Morgan fingerprint density at radius 3 is 2.60 bits per heavy atom. The summed E-state index contributed by atoms with van der Waals surface area (Å²) >= 11 is 0. The van der Waals surface area contributed by atoms with Crippen molar-refractivity contribution in [2.75, 3.05) is 19.8 Å². The molecule has 3 N–H and O–H groups in total. The molecular formula is C14H24N2O4. The standard InChI is InChI=1S/C14H24N2O4/c17-12(18)14(6-2-1-3-7-14)16-13(19)15-8-4-11-5-9-20-10-11/h11H,1-10H2,(H,17,18)(H2,15,16,19). The first-order valence-electron chi connectivity index (χ1n) is 7.49. The molecule has 2 fully saturated rings. The molecule has 1 aliphatic carbocycles. The number of carbonyl (C=O) groups excluding carboxylic acids is 1. The maximum Gasteiger partial charge on any atom is 0.329 e. The van der Waals surface area contributed by atoms with Crippen LogP contribution in [0.1, 0.15) is 44.9 Å². The molecule has 1 saturated heterocycles. The lowest BCUT2D eigenvalue weighted by Gasteiger charge is -2.33. The van der Waals surface area contributed by atoms with Crippen LogP contribution in [0, 0.1) is 5.92 Å². The van der Waals surface area contributed by atoms with E-state index >= 15 is 0 Å². The molecule has 2 amide bonds. The molecule has 20 heavy (non-hydrogen) atoms. The lowest BCUT2D eigenvalue weighted by Crippen LogP contribution is -2.58. The van der Waals surface area contributed by atoms with Crippen molar-refractivity contribution in [3.63, 3.8) is 0 Å². The molecule has 0 aromatic rings. The fourth-order valence-electron chi connectivity index (χ4n) is 3.01. The number of urea groups is 1. The van der Waals surface area contributed by atoms with E-state index in [4.69, 9.17) is 4.74 Å². The zero-order valence-electron chi connectivity index (χ0n) is 11.8. The Hall–Kier alpha value is -1.30. The number of ether oxygens (including phenoxy) is 1. The average Bonchev–Trinajstić information content (AvgIpc) is 2.93. The van der Waals surface area contributed by atoms with Gasteiger partial charge < -0.3 is 20.5 Å². The third-order valence-corrected chi connectivity index (χ3v) is 4.33. The van der Waals surface area contributed by atoms with E-state index in [0.29, 0.717) is 25.3 Å². The summed E-state index contributed by atoms with van der Waals surface area (Å²) in [5.74, 6) is -0.407. The van der Waals surface area contributed by atoms with E-state index in [1.165, 1.54) is 0 Å². The SMILES string of the molecule is O=C(NCCC1CCOC1)NC1(C(=O)O)CCCCC1. The predicted molar refractivity (Wildman–Crippen MR) is 73.5 cm³/mol. The van der Waals surface area contributed by atoms with E-state index in [2.05, 4.69) is 10.6 Å². The second-order valence-corrected chi connectivity index (χ2v) is 5.85. The van der Waals surface area contributed by atoms with Gasteiger partial charge in [-0.25, -0.2) is 9.59 Å². The normalized spacial score (nSPS) is 25.1. The highest BCUT2D eigenvalue weighted by Crippen LogP contribution is 2.28. The summed E-state index contributed by atoms with van der Waals surface area (Å²) in [6.07, 6.45) is 5.71. The molecule has 1 atom stereocenters. The highest BCUT2D eigenvalue weighted by molar-refractivity contribution is 5.86. The minimum absolute atomic E-state index is 0.367. The van der Waals surface area contributed by atoms with Crippen LogP contribution in [0.2, 0.25) is 0 Å². The van der Waals surface area contributed by atoms with Gasteiger partial charge in [0.1, 0.15) is 5.54 Å². The number of carboxylic acid groups (broad SMARTS) is 1. The van der Waals surface area contributed by atoms with Crippen LogP contribution in [0.15, 0.2) is 0 Å². The number of rotatable bonds is 5. The quantitative estimate of drug-likeness (QED) is 0.714. The lowest BCUT2D eigenvalue weighted by molar-refractivity contribution is -0.145. The van der Waals surface area contributed by atoms with Crippen molar-refractivity contribution in [1.82, 2.24) is 10.6 Å².